The van der Waals surface area contributed by atoms with E-state index in [1.807, 2.05) is 30.3 Å². The Bertz CT molecular complexity index is 973. The molecule has 0 amide bonds. The zero-order valence-corrected chi connectivity index (χ0v) is 15.6. The molecule has 0 saturated carbocycles. The number of rotatable bonds is 5. The van der Waals surface area contributed by atoms with E-state index in [0.29, 0.717) is 6.42 Å². The van der Waals surface area contributed by atoms with Gasteiger partial charge in [-0.3, -0.25) is 4.98 Å². The molecule has 0 unspecified atom stereocenters. The van der Waals surface area contributed by atoms with Gasteiger partial charge in [-0.15, -0.1) is 0 Å². The molecule has 0 fully saturated rings. The minimum absolute atomic E-state index is 0.101. The molecule has 4 rings (SSSR count). The van der Waals surface area contributed by atoms with Crippen molar-refractivity contribution in [3.8, 4) is 11.3 Å². The van der Waals surface area contributed by atoms with Crippen molar-refractivity contribution in [2.45, 2.75) is 25.7 Å². The highest BCUT2D eigenvalue weighted by molar-refractivity contribution is 6.31. The molecule has 1 aromatic heterocycles. The zero-order valence-electron chi connectivity index (χ0n) is 14.8. The molecule has 5 heteroatoms. The predicted molar refractivity (Wildman–Crippen MR) is 107 cm³/mol. The number of aliphatic hydroxyl groups is 1. The highest BCUT2D eigenvalue weighted by atomic mass is 35.5. The van der Waals surface area contributed by atoms with Gasteiger partial charge in [0, 0.05) is 29.2 Å². The van der Waals surface area contributed by atoms with E-state index in [9.17, 15) is 4.39 Å². The van der Waals surface area contributed by atoms with Gasteiger partial charge in [-0.25, -0.2) is 4.39 Å². The Kier molecular flexibility index (Phi) is 5.10. The first-order chi connectivity index (χ1) is 13.1. The second kappa shape index (κ2) is 7.67. The second-order valence-electron chi connectivity index (χ2n) is 6.76. The van der Waals surface area contributed by atoms with E-state index in [2.05, 4.69) is 5.32 Å². The van der Waals surface area contributed by atoms with Crippen LogP contribution in [0.5, 0.6) is 0 Å². The fourth-order valence-electron chi connectivity index (χ4n) is 3.50. The summed E-state index contributed by atoms with van der Waals surface area (Å²) in [5.41, 5.74) is 7.04. The van der Waals surface area contributed by atoms with Crippen molar-refractivity contribution in [3.05, 3.63) is 76.2 Å². The monoisotopic (exact) mass is 382 g/mol. The first-order valence-electron chi connectivity index (χ1n) is 9.09. The van der Waals surface area contributed by atoms with Crippen molar-refractivity contribution in [2.75, 3.05) is 11.9 Å². The molecule has 1 heterocycles. The summed E-state index contributed by atoms with van der Waals surface area (Å²) in [6.45, 7) is 0.147. The number of anilines is 2. The predicted octanol–water partition coefficient (Wildman–Crippen LogP) is 5.31. The van der Waals surface area contributed by atoms with Crippen LogP contribution in [0.3, 0.4) is 0 Å². The maximum absolute atomic E-state index is 13.5. The summed E-state index contributed by atoms with van der Waals surface area (Å²) >= 11 is 5.95. The van der Waals surface area contributed by atoms with Gasteiger partial charge in [0.25, 0.3) is 0 Å². The summed E-state index contributed by atoms with van der Waals surface area (Å²) in [6, 6.07) is 14.8. The summed E-state index contributed by atoms with van der Waals surface area (Å²) in [5.74, 6) is -0.428. The lowest BCUT2D eigenvalue weighted by molar-refractivity contribution is 0.299. The number of aliphatic hydroxyl groups excluding tert-OH is 1. The molecule has 0 saturated heterocycles. The van der Waals surface area contributed by atoms with Gasteiger partial charge in [-0.2, -0.15) is 0 Å². The van der Waals surface area contributed by atoms with E-state index in [1.165, 1.54) is 11.6 Å². The molecular weight excluding hydrogens is 363 g/mol. The molecule has 0 atom stereocenters. The van der Waals surface area contributed by atoms with Crippen LogP contribution in [0.4, 0.5) is 15.8 Å². The van der Waals surface area contributed by atoms with Crippen molar-refractivity contribution in [3.63, 3.8) is 0 Å². The summed E-state index contributed by atoms with van der Waals surface area (Å²) in [7, 11) is 0. The molecule has 3 nitrogen and oxygen atoms in total. The molecule has 0 bridgehead atoms. The van der Waals surface area contributed by atoms with Crippen molar-refractivity contribution in [1.29, 1.82) is 0 Å². The van der Waals surface area contributed by atoms with Crippen LogP contribution in [0.1, 0.15) is 23.2 Å². The highest BCUT2D eigenvalue weighted by Gasteiger charge is 2.19. The molecule has 1 aliphatic rings. The molecule has 0 spiro atoms. The summed E-state index contributed by atoms with van der Waals surface area (Å²) in [5, 5.41) is 12.7. The van der Waals surface area contributed by atoms with Gasteiger partial charge in [-0.05, 0) is 73.2 Å². The number of hydrogen-bond donors (Lipinski definition) is 2. The molecule has 1 aliphatic carbocycles. The third-order valence-corrected chi connectivity index (χ3v) is 5.19. The van der Waals surface area contributed by atoms with E-state index >= 15 is 0 Å². The van der Waals surface area contributed by atoms with Crippen LogP contribution >= 0.6 is 11.6 Å². The van der Waals surface area contributed by atoms with Crippen molar-refractivity contribution in [1.82, 2.24) is 4.98 Å². The van der Waals surface area contributed by atoms with Crippen molar-refractivity contribution < 1.29 is 9.50 Å². The maximum atomic E-state index is 13.5. The fourth-order valence-corrected chi connectivity index (χ4v) is 3.68. The van der Waals surface area contributed by atoms with Gasteiger partial charge < -0.3 is 10.4 Å². The first kappa shape index (κ1) is 18.0. The Morgan fingerprint density at radius 3 is 2.63 bits per heavy atom. The minimum Gasteiger partial charge on any atom is -0.396 e. The summed E-state index contributed by atoms with van der Waals surface area (Å²) < 4.78 is 13.5. The average molecular weight is 383 g/mol. The van der Waals surface area contributed by atoms with Crippen LogP contribution in [0.2, 0.25) is 5.02 Å². The number of pyridine rings is 1. The van der Waals surface area contributed by atoms with Gasteiger partial charge in [0.2, 0.25) is 0 Å². The van der Waals surface area contributed by atoms with Gasteiger partial charge >= 0.3 is 0 Å². The van der Waals surface area contributed by atoms with Crippen LogP contribution in [0.25, 0.3) is 11.3 Å². The smallest absolute Gasteiger partial charge is 0.141 e. The van der Waals surface area contributed by atoms with Crippen LogP contribution in [-0.2, 0) is 19.3 Å². The van der Waals surface area contributed by atoms with Crippen LogP contribution < -0.4 is 5.32 Å². The third-order valence-electron chi connectivity index (χ3n) is 4.90. The topological polar surface area (TPSA) is 45.1 Å². The Morgan fingerprint density at radius 2 is 1.89 bits per heavy atom. The van der Waals surface area contributed by atoms with E-state index in [4.69, 9.17) is 21.7 Å². The van der Waals surface area contributed by atoms with Crippen molar-refractivity contribution >= 4 is 23.0 Å². The first-order valence-corrected chi connectivity index (χ1v) is 9.47. The molecular formula is C22H20ClFN2O. The van der Waals surface area contributed by atoms with Crippen LogP contribution in [-0.4, -0.2) is 16.7 Å². The number of aromatic nitrogens is 1. The lowest BCUT2D eigenvalue weighted by atomic mass is 10.1. The molecule has 3 aromatic rings. The van der Waals surface area contributed by atoms with E-state index in [0.717, 1.165) is 53.2 Å². The largest absolute Gasteiger partial charge is 0.396 e. The highest BCUT2D eigenvalue weighted by Crippen LogP contribution is 2.34. The van der Waals surface area contributed by atoms with Crippen LogP contribution in [0, 0.1) is 5.82 Å². The number of fused-ring (bicyclic) bond motifs is 1. The normalized spacial score (nSPS) is 12.9. The minimum atomic E-state index is -0.428. The van der Waals surface area contributed by atoms with Gasteiger partial charge in [0.15, 0.2) is 0 Å². The quantitative estimate of drug-likeness (QED) is 0.628. The Hall–Kier alpha value is -2.43. The average Bonchev–Trinajstić information content (AvgIpc) is 3.15. The zero-order chi connectivity index (χ0) is 18.8. The lowest BCUT2D eigenvalue weighted by Crippen LogP contribution is -2.00. The Balaban J connectivity index is 1.69. The Morgan fingerprint density at radius 1 is 1.07 bits per heavy atom. The van der Waals surface area contributed by atoms with Crippen molar-refractivity contribution in [2.24, 2.45) is 0 Å². The number of benzene rings is 2. The molecule has 138 valence electrons. The standard InChI is InChI=1S/C22H20ClFN2O/c23-18-12-15(6-9-19(18)24)21-13-22(17-2-1-3-20(17)26-21)25-16-7-4-14(5-8-16)10-11-27/h4-9,12-13,27H,1-3,10-11H2,(H,25,26). The fraction of sp³-hybridized carbons (Fsp3) is 0.227. The molecule has 0 aliphatic heterocycles. The van der Waals surface area contributed by atoms with E-state index < -0.39 is 5.82 Å². The van der Waals surface area contributed by atoms with Gasteiger partial charge in [0.05, 0.1) is 10.7 Å². The summed E-state index contributed by atoms with van der Waals surface area (Å²) in [4.78, 5) is 4.79. The SMILES string of the molecule is OCCc1ccc(Nc2cc(-c3ccc(F)c(Cl)c3)nc3c2CCC3)cc1. The Labute approximate surface area is 162 Å². The van der Waals surface area contributed by atoms with E-state index in [1.54, 1.807) is 12.1 Å². The lowest BCUT2D eigenvalue weighted by Gasteiger charge is -2.14. The maximum Gasteiger partial charge on any atom is 0.141 e. The number of hydrogen-bond acceptors (Lipinski definition) is 3. The number of aryl methyl sites for hydroxylation is 1. The number of nitrogens with one attached hydrogen (secondary N) is 1. The van der Waals surface area contributed by atoms with Crippen LogP contribution in [0.15, 0.2) is 48.5 Å². The number of halogens is 2. The van der Waals surface area contributed by atoms with Gasteiger partial charge in [0.1, 0.15) is 5.82 Å². The molecule has 2 N–H and O–H groups in total. The number of nitrogens with zero attached hydrogens (tertiary/aromatic N) is 1. The second-order valence-corrected chi connectivity index (χ2v) is 7.17. The molecule has 27 heavy (non-hydrogen) atoms. The third kappa shape index (κ3) is 3.82. The summed E-state index contributed by atoms with van der Waals surface area (Å²) in [6.07, 6.45) is 3.68. The molecule has 2 aromatic carbocycles. The van der Waals surface area contributed by atoms with E-state index in [-0.39, 0.29) is 11.6 Å². The van der Waals surface area contributed by atoms with Gasteiger partial charge in [-0.1, -0.05) is 23.7 Å². The molecule has 0 radical (unpaired) electrons.